The number of ether oxygens (including phenoxy) is 2. The molecule has 150 valence electrons. The van der Waals surface area contributed by atoms with Crippen LogP contribution in [0.1, 0.15) is 18.1 Å². The molecule has 0 N–H and O–H groups in total. The van der Waals surface area contributed by atoms with Crippen molar-refractivity contribution in [2.24, 2.45) is 12.2 Å². The summed E-state index contributed by atoms with van der Waals surface area (Å²) < 4.78 is 48.0. The first-order valence-corrected chi connectivity index (χ1v) is 8.58. The van der Waals surface area contributed by atoms with E-state index in [9.17, 15) is 13.2 Å². The topological polar surface area (TPSA) is 70.8 Å². The highest BCUT2D eigenvalue weighted by Gasteiger charge is 2.31. The monoisotopic (exact) mass is 404 g/mol. The van der Waals surface area contributed by atoms with Crippen LogP contribution in [0.15, 0.2) is 60.0 Å². The largest absolute Gasteiger partial charge is 0.573 e. The van der Waals surface area contributed by atoms with Crippen LogP contribution in [0.4, 0.5) is 13.2 Å². The molecular weight excluding hydrogens is 389 g/mol. The van der Waals surface area contributed by atoms with Crippen LogP contribution in [0.5, 0.6) is 11.5 Å². The minimum atomic E-state index is -4.73. The third kappa shape index (κ3) is 4.48. The SMILES string of the molecule is Cn1nccc1-c1ccc(OC2=NO[C@H](c3ccc(OC(F)(F)F)cc3)C2)cn1. The normalized spacial score (nSPS) is 16.3. The highest BCUT2D eigenvalue weighted by atomic mass is 19.4. The molecule has 0 aliphatic carbocycles. The highest BCUT2D eigenvalue weighted by Crippen LogP contribution is 2.31. The lowest BCUT2D eigenvalue weighted by Crippen LogP contribution is -2.17. The van der Waals surface area contributed by atoms with Crippen LogP contribution in [0.3, 0.4) is 0 Å². The molecule has 0 unspecified atom stereocenters. The van der Waals surface area contributed by atoms with Crippen LogP contribution < -0.4 is 9.47 Å². The summed E-state index contributed by atoms with van der Waals surface area (Å²) in [5, 5.41) is 8.00. The van der Waals surface area contributed by atoms with E-state index < -0.39 is 12.5 Å². The van der Waals surface area contributed by atoms with Gasteiger partial charge in [0.05, 0.1) is 24.0 Å². The Morgan fingerprint density at radius 1 is 1.07 bits per heavy atom. The maximum atomic E-state index is 12.2. The van der Waals surface area contributed by atoms with E-state index >= 15 is 0 Å². The van der Waals surface area contributed by atoms with Crippen molar-refractivity contribution in [1.82, 2.24) is 14.8 Å². The maximum Gasteiger partial charge on any atom is 0.573 e. The van der Waals surface area contributed by atoms with Crippen LogP contribution in [-0.2, 0) is 11.9 Å². The van der Waals surface area contributed by atoms with E-state index in [1.165, 1.54) is 24.3 Å². The van der Waals surface area contributed by atoms with Gasteiger partial charge in [-0.25, -0.2) is 0 Å². The number of nitrogens with zero attached hydrogens (tertiary/aromatic N) is 4. The second-order valence-electron chi connectivity index (χ2n) is 6.22. The number of pyridine rings is 1. The van der Waals surface area contributed by atoms with Crippen molar-refractivity contribution in [2.45, 2.75) is 18.9 Å². The first kappa shape index (κ1) is 18.8. The van der Waals surface area contributed by atoms with E-state index in [1.807, 2.05) is 13.1 Å². The minimum Gasteiger partial charge on any atom is -0.438 e. The van der Waals surface area contributed by atoms with E-state index in [0.717, 1.165) is 11.4 Å². The summed E-state index contributed by atoms with van der Waals surface area (Å²) in [7, 11) is 1.83. The fraction of sp³-hybridized carbons (Fsp3) is 0.211. The average Bonchev–Trinajstić information content (AvgIpc) is 3.31. The van der Waals surface area contributed by atoms with Gasteiger partial charge in [0, 0.05) is 13.2 Å². The molecule has 3 heterocycles. The predicted molar refractivity (Wildman–Crippen MR) is 96.1 cm³/mol. The molecule has 29 heavy (non-hydrogen) atoms. The van der Waals surface area contributed by atoms with Gasteiger partial charge in [-0.3, -0.25) is 9.67 Å². The van der Waals surface area contributed by atoms with Gasteiger partial charge >= 0.3 is 6.36 Å². The standard InChI is InChI=1S/C19H15F3N4O3/c1-26-16(8-9-24-26)15-7-6-14(11-23-15)27-18-10-17(29-25-18)12-2-4-13(5-3-12)28-19(20,21)22/h2-9,11,17H,10H2,1H3/t17-/m0/s1. The number of halogens is 3. The van der Waals surface area contributed by atoms with E-state index in [4.69, 9.17) is 9.57 Å². The van der Waals surface area contributed by atoms with Crippen molar-refractivity contribution in [2.75, 3.05) is 0 Å². The average molecular weight is 404 g/mol. The molecule has 1 atom stereocenters. The van der Waals surface area contributed by atoms with E-state index in [1.54, 1.807) is 29.2 Å². The molecule has 0 spiro atoms. The van der Waals surface area contributed by atoms with E-state index in [-0.39, 0.29) is 5.75 Å². The molecule has 0 fully saturated rings. The number of hydrogen-bond donors (Lipinski definition) is 0. The molecule has 1 aliphatic heterocycles. The molecule has 3 aromatic rings. The molecule has 10 heteroatoms. The zero-order chi connectivity index (χ0) is 20.4. The van der Waals surface area contributed by atoms with Gasteiger partial charge in [-0.15, -0.1) is 13.2 Å². The number of aryl methyl sites for hydroxylation is 1. The summed E-state index contributed by atoms with van der Waals surface area (Å²) in [4.78, 5) is 9.68. The molecule has 0 radical (unpaired) electrons. The van der Waals surface area contributed by atoms with Gasteiger partial charge in [-0.2, -0.15) is 5.10 Å². The predicted octanol–water partition coefficient (Wildman–Crippen LogP) is 4.23. The van der Waals surface area contributed by atoms with Gasteiger partial charge in [-0.1, -0.05) is 17.3 Å². The van der Waals surface area contributed by atoms with Crippen LogP contribution in [-0.4, -0.2) is 27.0 Å². The van der Waals surface area contributed by atoms with Crippen LogP contribution in [0.25, 0.3) is 11.4 Å². The second-order valence-corrected chi connectivity index (χ2v) is 6.22. The summed E-state index contributed by atoms with van der Waals surface area (Å²) in [5.41, 5.74) is 2.28. The summed E-state index contributed by atoms with van der Waals surface area (Å²) in [6.07, 6.45) is -1.58. The zero-order valence-electron chi connectivity index (χ0n) is 15.1. The molecular formula is C19H15F3N4O3. The number of benzene rings is 1. The minimum absolute atomic E-state index is 0.295. The van der Waals surface area contributed by atoms with Gasteiger partial charge < -0.3 is 14.3 Å². The number of rotatable bonds is 4. The van der Waals surface area contributed by atoms with Crippen molar-refractivity contribution in [3.63, 3.8) is 0 Å². The lowest BCUT2D eigenvalue weighted by Gasteiger charge is -2.11. The molecule has 1 aliphatic rings. The first-order valence-electron chi connectivity index (χ1n) is 8.58. The van der Waals surface area contributed by atoms with Gasteiger partial charge in [0.25, 0.3) is 0 Å². The lowest BCUT2D eigenvalue weighted by molar-refractivity contribution is -0.274. The Kier molecular flexibility index (Phi) is 4.83. The number of hydrogen-bond acceptors (Lipinski definition) is 6. The third-order valence-electron chi connectivity index (χ3n) is 4.18. The Morgan fingerprint density at radius 2 is 1.83 bits per heavy atom. The molecule has 0 saturated heterocycles. The fourth-order valence-electron chi connectivity index (χ4n) is 2.83. The second kappa shape index (κ2) is 7.46. The first-order chi connectivity index (χ1) is 13.9. The van der Waals surface area contributed by atoms with Gasteiger partial charge in [0.1, 0.15) is 11.5 Å². The van der Waals surface area contributed by atoms with Crippen LogP contribution in [0.2, 0.25) is 0 Å². The van der Waals surface area contributed by atoms with Crippen LogP contribution in [0, 0.1) is 0 Å². The summed E-state index contributed by atoms with van der Waals surface area (Å²) >= 11 is 0. The summed E-state index contributed by atoms with van der Waals surface area (Å²) in [6.45, 7) is 0. The summed E-state index contributed by atoms with van der Waals surface area (Å²) in [5.74, 6) is 0.546. The van der Waals surface area contributed by atoms with Crippen molar-refractivity contribution in [3.05, 3.63) is 60.4 Å². The Bertz CT molecular complexity index is 1010. The number of oxime groups is 1. The molecule has 2 aromatic heterocycles. The van der Waals surface area contributed by atoms with E-state index in [2.05, 4.69) is 20.0 Å². The Balaban J connectivity index is 1.36. The highest BCUT2D eigenvalue weighted by molar-refractivity contribution is 5.79. The van der Waals surface area contributed by atoms with E-state index in [0.29, 0.717) is 23.6 Å². The van der Waals surface area contributed by atoms with Gasteiger partial charge in [0.15, 0.2) is 6.10 Å². The summed E-state index contributed by atoms with van der Waals surface area (Å²) in [6, 6.07) is 10.9. The lowest BCUT2D eigenvalue weighted by atomic mass is 10.1. The molecule has 0 amide bonds. The van der Waals surface area contributed by atoms with Gasteiger partial charge in [-0.05, 0) is 35.9 Å². The molecule has 4 rings (SSSR count). The molecule has 7 nitrogen and oxygen atoms in total. The maximum absolute atomic E-state index is 12.2. The number of aromatic nitrogens is 3. The molecule has 0 saturated carbocycles. The Morgan fingerprint density at radius 3 is 2.45 bits per heavy atom. The fourth-order valence-corrected chi connectivity index (χ4v) is 2.83. The third-order valence-corrected chi connectivity index (χ3v) is 4.18. The van der Waals surface area contributed by atoms with Crippen molar-refractivity contribution in [1.29, 1.82) is 0 Å². The molecule has 0 bridgehead atoms. The van der Waals surface area contributed by atoms with Crippen molar-refractivity contribution >= 4 is 5.90 Å². The quantitative estimate of drug-likeness (QED) is 0.651. The van der Waals surface area contributed by atoms with Crippen LogP contribution >= 0.6 is 0 Å². The Labute approximate surface area is 163 Å². The van der Waals surface area contributed by atoms with Crippen molar-refractivity contribution in [3.8, 4) is 22.9 Å². The van der Waals surface area contributed by atoms with Gasteiger partial charge in [0.2, 0.25) is 5.90 Å². The molecule has 1 aromatic carbocycles. The number of alkyl halides is 3. The zero-order valence-corrected chi connectivity index (χ0v) is 15.1. The smallest absolute Gasteiger partial charge is 0.438 e. The van der Waals surface area contributed by atoms with Crippen molar-refractivity contribution < 1.29 is 27.5 Å². The Hall–Kier alpha value is -3.56.